The lowest BCUT2D eigenvalue weighted by Gasteiger charge is -2.27. The maximum Gasteiger partial charge on any atom is 0.130 e. The molecule has 2 aliphatic carbocycles. The van der Waals surface area contributed by atoms with Crippen LogP contribution in [0.4, 0.5) is 4.39 Å². The number of benzene rings is 1. The van der Waals surface area contributed by atoms with Gasteiger partial charge in [0.25, 0.3) is 0 Å². The van der Waals surface area contributed by atoms with Crippen LogP contribution in [0.2, 0.25) is 0 Å². The summed E-state index contributed by atoms with van der Waals surface area (Å²) in [5.74, 6) is -0.181. The molecule has 0 radical (unpaired) electrons. The topological polar surface area (TPSA) is 64.5 Å². The van der Waals surface area contributed by atoms with Gasteiger partial charge in [-0.15, -0.1) is 11.6 Å². The maximum atomic E-state index is 13.3. The summed E-state index contributed by atoms with van der Waals surface area (Å²) in [5, 5.41) is 26.6. The number of fused-ring (bicyclic) bond motifs is 1. The third-order valence-corrected chi connectivity index (χ3v) is 5.30. The molecular formula is C20H26ClFN2O2. The normalized spacial score (nSPS) is 24.7. The Labute approximate surface area is 158 Å². The van der Waals surface area contributed by atoms with Crippen molar-refractivity contribution in [3.63, 3.8) is 0 Å². The van der Waals surface area contributed by atoms with Crippen molar-refractivity contribution in [3.8, 4) is 0 Å². The van der Waals surface area contributed by atoms with E-state index < -0.39 is 12.3 Å². The first-order valence-corrected chi connectivity index (χ1v) is 9.57. The fourth-order valence-electron chi connectivity index (χ4n) is 3.45. The van der Waals surface area contributed by atoms with Gasteiger partial charge in [0.1, 0.15) is 12.0 Å². The van der Waals surface area contributed by atoms with E-state index in [9.17, 15) is 14.6 Å². The number of hydrogen-bond acceptors (Lipinski definition) is 4. The summed E-state index contributed by atoms with van der Waals surface area (Å²) in [7, 11) is 0. The Bertz CT molecular complexity index is 680. The first-order chi connectivity index (χ1) is 12.5. The first-order valence-electron chi connectivity index (χ1n) is 9.14. The predicted octanol–water partition coefficient (Wildman–Crippen LogP) is 2.04. The Morgan fingerprint density at radius 2 is 2.08 bits per heavy atom. The number of allylic oxidation sites excluding steroid dienone is 2. The first kappa shape index (κ1) is 19.5. The Balaban J connectivity index is 1.39. The highest BCUT2D eigenvalue weighted by atomic mass is 35.5. The van der Waals surface area contributed by atoms with Crippen molar-refractivity contribution < 1.29 is 14.6 Å². The summed E-state index contributed by atoms with van der Waals surface area (Å²) >= 11 is 5.97. The summed E-state index contributed by atoms with van der Waals surface area (Å²) in [6.45, 7) is 0.734. The highest BCUT2D eigenvalue weighted by molar-refractivity contribution is 6.22. The largest absolute Gasteiger partial charge is 0.390 e. The number of nitrogens with one attached hydrogen (secondary N) is 2. The molecule has 0 saturated heterocycles. The van der Waals surface area contributed by atoms with E-state index in [-0.39, 0.29) is 23.8 Å². The molecule has 0 aromatic heterocycles. The lowest BCUT2D eigenvalue weighted by Crippen LogP contribution is -2.44. The summed E-state index contributed by atoms with van der Waals surface area (Å²) in [5.41, 5.74) is 3.03. The van der Waals surface area contributed by atoms with Gasteiger partial charge in [0.15, 0.2) is 0 Å². The second-order valence-corrected chi connectivity index (χ2v) is 7.60. The van der Waals surface area contributed by atoms with Gasteiger partial charge in [-0.25, -0.2) is 4.39 Å². The van der Waals surface area contributed by atoms with Crippen LogP contribution in [0.25, 0.3) is 0 Å². The van der Waals surface area contributed by atoms with Gasteiger partial charge < -0.3 is 15.5 Å². The van der Waals surface area contributed by atoms with Crippen LogP contribution < -0.4 is 10.6 Å². The van der Waals surface area contributed by atoms with Gasteiger partial charge in [-0.2, -0.15) is 0 Å². The molecule has 2 aliphatic rings. The molecule has 0 saturated carbocycles. The number of rotatable bonds is 7. The Morgan fingerprint density at radius 1 is 1.23 bits per heavy atom. The number of hydrogen-bond donors (Lipinski definition) is 4. The van der Waals surface area contributed by atoms with Crippen LogP contribution >= 0.6 is 11.6 Å². The van der Waals surface area contributed by atoms with Gasteiger partial charge in [0, 0.05) is 19.1 Å². The second-order valence-electron chi connectivity index (χ2n) is 7.04. The minimum atomic E-state index is -0.804. The van der Waals surface area contributed by atoms with Crippen molar-refractivity contribution in [3.05, 3.63) is 58.9 Å². The van der Waals surface area contributed by atoms with E-state index in [1.807, 2.05) is 24.3 Å². The van der Waals surface area contributed by atoms with Crippen LogP contribution in [0, 0.1) is 5.82 Å². The lowest BCUT2D eigenvalue weighted by atomic mass is 9.88. The van der Waals surface area contributed by atoms with Crippen molar-refractivity contribution in [1.29, 1.82) is 0 Å². The highest BCUT2D eigenvalue weighted by Crippen LogP contribution is 2.22. The molecule has 6 heteroatoms. The van der Waals surface area contributed by atoms with Crippen LogP contribution in [0.1, 0.15) is 24.0 Å². The Kier molecular flexibility index (Phi) is 6.84. The molecule has 0 spiro atoms. The van der Waals surface area contributed by atoms with Gasteiger partial charge in [0.2, 0.25) is 0 Å². The third-order valence-electron chi connectivity index (χ3n) is 4.98. The van der Waals surface area contributed by atoms with E-state index >= 15 is 0 Å². The summed E-state index contributed by atoms with van der Waals surface area (Å²) in [6, 6.07) is 5.25. The number of aryl methyl sites for hydroxylation is 1. The molecule has 142 valence electrons. The van der Waals surface area contributed by atoms with Crippen LogP contribution in [-0.4, -0.2) is 47.1 Å². The summed E-state index contributed by atoms with van der Waals surface area (Å²) in [6.07, 6.45) is 7.48. The molecule has 26 heavy (non-hydrogen) atoms. The van der Waals surface area contributed by atoms with Crippen molar-refractivity contribution in [2.75, 3.05) is 13.1 Å². The molecule has 4 N–H and O–H groups in total. The van der Waals surface area contributed by atoms with Crippen molar-refractivity contribution in [2.24, 2.45) is 0 Å². The SMILES string of the molecule is OC(CNC1CCc2cc(F)ccc2C1)CNC(O)C1=CCC(Cl)C=C1. The average Bonchev–Trinajstić information content (AvgIpc) is 2.65. The van der Waals surface area contributed by atoms with Gasteiger partial charge in [-0.1, -0.05) is 24.3 Å². The number of alkyl halides is 1. The lowest BCUT2D eigenvalue weighted by molar-refractivity contribution is 0.120. The summed E-state index contributed by atoms with van der Waals surface area (Å²) < 4.78 is 13.3. The van der Waals surface area contributed by atoms with Gasteiger partial charge in [-0.3, -0.25) is 5.32 Å². The zero-order valence-electron chi connectivity index (χ0n) is 14.7. The van der Waals surface area contributed by atoms with Gasteiger partial charge in [-0.05, 0) is 54.5 Å². The second kappa shape index (κ2) is 9.11. The van der Waals surface area contributed by atoms with E-state index in [4.69, 9.17) is 11.6 Å². The van der Waals surface area contributed by atoms with Crippen LogP contribution in [0.15, 0.2) is 42.0 Å². The quantitative estimate of drug-likeness (QED) is 0.432. The molecule has 3 rings (SSSR count). The summed E-state index contributed by atoms with van der Waals surface area (Å²) in [4.78, 5) is 0. The van der Waals surface area contributed by atoms with Crippen LogP contribution in [0.5, 0.6) is 0 Å². The van der Waals surface area contributed by atoms with Crippen LogP contribution in [0.3, 0.4) is 0 Å². The number of aliphatic hydroxyl groups is 2. The minimum absolute atomic E-state index is 0.0159. The van der Waals surface area contributed by atoms with E-state index in [2.05, 4.69) is 10.6 Å². The zero-order chi connectivity index (χ0) is 18.5. The standard InChI is InChI=1S/C20H26ClFN2O2/c21-16-5-1-13(2-6-16)20(26)24-12-19(25)11-23-18-8-4-14-9-17(22)7-3-15(14)10-18/h1-3,5,7,9,16,18-20,23-26H,4,6,8,10-12H2. The minimum Gasteiger partial charge on any atom is -0.390 e. The molecule has 1 aromatic carbocycles. The number of aliphatic hydroxyl groups excluding tert-OH is 2. The molecule has 0 amide bonds. The molecule has 4 nitrogen and oxygen atoms in total. The molecular weight excluding hydrogens is 355 g/mol. The van der Waals surface area contributed by atoms with Crippen molar-refractivity contribution >= 4 is 11.6 Å². The van der Waals surface area contributed by atoms with Gasteiger partial charge >= 0.3 is 0 Å². The third kappa shape index (κ3) is 5.38. The molecule has 1 aromatic rings. The Hall–Kier alpha value is -1.24. The van der Waals surface area contributed by atoms with Crippen molar-refractivity contribution in [1.82, 2.24) is 10.6 Å². The average molecular weight is 381 g/mol. The maximum absolute atomic E-state index is 13.3. The molecule has 4 atom stereocenters. The molecule has 0 bridgehead atoms. The van der Waals surface area contributed by atoms with E-state index in [1.165, 1.54) is 11.6 Å². The van der Waals surface area contributed by atoms with Gasteiger partial charge in [0.05, 0.1) is 11.5 Å². The number of halogens is 2. The van der Waals surface area contributed by atoms with E-state index in [1.54, 1.807) is 6.07 Å². The molecule has 0 fully saturated rings. The molecule has 0 heterocycles. The van der Waals surface area contributed by atoms with Crippen LogP contribution in [-0.2, 0) is 12.8 Å². The van der Waals surface area contributed by atoms with Crippen molar-refractivity contribution in [2.45, 2.75) is 49.4 Å². The monoisotopic (exact) mass is 380 g/mol. The predicted molar refractivity (Wildman–Crippen MR) is 102 cm³/mol. The fourth-order valence-corrected chi connectivity index (χ4v) is 3.61. The molecule has 4 unspecified atom stereocenters. The van der Waals surface area contributed by atoms with E-state index in [0.29, 0.717) is 13.0 Å². The molecule has 0 aliphatic heterocycles. The highest BCUT2D eigenvalue weighted by Gasteiger charge is 2.20. The smallest absolute Gasteiger partial charge is 0.130 e. The Morgan fingerprint density at radius 3 is 2.85 bits per heavy atom. The zero-order valence-corrected chi connectivity index (χ0v) is 15.4. The fraction of sp³-hybridized carbons (Fsp3) is 0.500. The van der Waals surface area contributed by atoms with E-state index in [0.717, 1.165) is 30.4 Å².